The van der Waals surface area contributed by atoms with Gasteiger partial charge in [-0.2, -0.15) is 0 Å². The largest absolute Gasteiger partial charge is 0.390 e. The Balaban J connectivity index is 2.27. The molecule has 0 bridgehead atoms. The predicted molar refractivity (Wildman–Crippen MR) is 73.2 cm³/mol. The Hall–Kier alpha value is -1.17. The first-order valence-corrected chi connectivity index (χ1v) is 6.30. The van der Waals surface area contributed by atoms with Crippen LogP contribution in [-0.2, 0) is 17.8 Å². The number of hydrogen-bond acceptors (Lipinski definition) is 4. The molecule has 1 aromatic carbocycles. The molecule has 0 unspecified atom stereocenters. The molecule has 0 saturated carbocycles. The molecule has 96 valence electrons. The summed E-state index contributed by atoms with van der Waals surface area (Å²) < 4.78 is 0. The van der Waals surface area contributed by atoms with E-state index in [2.05, 4.69) is 25.1 Å². The van der Waals surface area contributed by atoms with Crippen molar-refractivity contribution < 1.29 is 9.90 Å². The molecule has 1 aliphatic heterocycles. The Morgan fingerprint density at radius 3 is 3.06 bits per heavy atom. The Bertz CT molecular complexity index is 439. The fourth-order valence-corrected chi connectivity index (χ4v) is 2.62. The highest BCUT2D eigenvalue weighted by Gasteiger charge is 2.30. The highest BCUT2D eigenvalue weighted by atomic mass is 16.3. The summed E-state index contributed by atoms with van der Waals surface area (Å²) in [5, 5.41) is 9.98. The molecule has 0 saturated heterocycles. The van der Waals surface area contributed by atoms with Gasteiger partial charge in [0.1, 0.15) is 0 Å². The second kappa shape index (κ2) is 5.65. The lowest BCUT2D eigenvalue weighted by molar-refractivity contribution is 0.0877. The third kappa shape index (κ3) is 2.63. The summed E-state index contributed by atoms with van der Waals surface area (Å²) in [7, 11) is 0.342. The first kappa shape index (κ1) is 13.3. The number of nitrogens with two attached hydrogens (primary N) is 1. The number of benzene rings is 1. The van der Waals surface area contributed by atoms with Crippen LogP contribution in [0.25, 0.3) is 0 Å². The summed E-state index contributed by atoms with van der Waals surface area (Å²) in [6.07, 6.45) is 1.05. The van der Waals surface area contributed by atoms with Crippen molar-refractivity contribution >= 4 is 13.6 Å². The number of fused-ring (bicyclic) bond motifs is 1. The molecular weight excluding hydrogens is 227 g/mol. The molecule has 1 aromatic rings. The number of rotatable bonds is 4. The highest BCUT2D eigenvalue weighted by molar-refractivity contribution is 6.64. The van der Waals surface area contributed by atoms with Gasteiger partial charge in [-0.15, -0.1) is 0 Å². The van der Waals surface area contributed by atoms with E-state index in [-0.39, 0.29) is 12.6 Å². The average Bonchev–Trinajstić information content (AvgIpc) is 2.37. The number of carbonyl (C=O) groups is 1. The van der Waals surface area contributed by atoms with Crippen LogP contribution in [0.2, 0.25) is 0 Å². The van der Waals surface area contributed by atoms with Crippen LogP contribution in [0.1, 0.15) is 16.7 Å². The zero-order valence-electron chi connectivity index (χ0n) is 10.7. The molecule has 0 radical (unpaired) electrons. The van der Waals surface area contributed by atoms with Gasteiger partial charge in [0.05, 0.1) is 12.3 Å². The van der Waals surface area contributed by atoms with E-state index in [1.807, 2.05) is 4.81 Å². The number of nitrogens with zero attached hydrogens (tertiary/aromatic N) is 1. The first-order chi connectivity index (χ1) is 8.65. The van der Waals surface area contributed by atoms with Crippen molar-refractivity contribution in [2.75, 3.05) is 6.54 Å². The average molecular weight is 246 g/mol. The van der Waals surface area contributed by atoms with Crippen LogP contribution in [0.5, 0.6) is 0 Å². The van der Waals surface area contributed by atoms with E-state index in [1.54, 1.807) is 0 Å². The van der Waals surface area contributed by atoms with Gasteiger partial charge in [0.2, 0.25) is 0 Å². The molecule has 5 heteroatoms. The lowest BCUT2D eigenvalue weighted by Gasteiger charge is -2.38. The van der Waals surface area contributed by atoms with Crippen LogP contribution >= 0.6 is 0 Å². The first-order valence-electron chi connectivity index (χ1n) is 6.30. The lowest BCUT2D eigenvalue weighted by Crippen LogP contribution is -2.51. The maximum Gasteiger partial charge on any atom is 0.281 e. The highest BCUT2D eigenvalue weighted by Crippen LogP contribution is 2.25. The van der Waals surface area contributed by atoms with Gasteiger partial charge in [-0.25, -0.2) is 0 Å². The van der Waals surface area contributed by atoms with Gasteiger partial charge in [0, 0.05) is 19.1 Å². The molecule has 2 rings (SSSR count). The predicted octanol–water partition coefficient (Wildman–Crippen LogP) is -0.417. The zero-order chi connectivity index (χ0) is 13.1. The van der Waals surface area contributed by atoms with Gasteiger partial charge in [-0.3, -0.25) is 0 Å². The third-order valence-corrected chi connectivity index (χ3v) is 3.63. The molecule has 0 amide bonds. The maximum atomic E-state index is 10.8. The number of carbonyl (C=O) groups excluding carboxylic acids is 1. The van der Waals surface area contributed by atoms with E-state index in [4.69, 9.17) is 5.73 Å². The summed E-state index contributed by atoms with van der Waals surface area (Å²) in [5.41, 5.74) is 9.26. The summed E-state index contributed by atoms with van der Waals surface area (Å²) >= 11 is 0. The Morgan fingerprint density at radius 1 is 1.61 bits per heavy atom. The minimum atomic E-state index is -0.584. The van der Waals surface area contributed by atoms with Crippen LogP contribution in [0.4, 0.5) is 0 Å². The molecule has 0 aromatic heterocycles. The molecule has 2 atom stereocenters. The van der Waals surface area contributed by atoms with E-state index in [1.165, 1.54) is 16.7 Å². The fourth-order valence-electron chi connectivity index (χ4n) is 2.62. The summed E-state index contributed by atoms with van der Waals surface area (Å²) in [4.78, 5) is 12.8. The van der Waals surface area contributed by atoms with Gasteiger partial charge < -0.3 is 20.4 Å². The quantitative estimate of drug-likeness (QED) is 0.559. The van der Waals surface area contributed by atoms with Crippen LogP contribution in [0, 0.1) is 6.92 Å². The second-order valence-corrected chi connectivity index (χ2v) is 4.94. The Labute approximate surface area is 108 Å². The van der Waals surface area contributed by atoms with E-state index in [0.29, 0.717) is 14.0 Å². The SMILES string of the molecule is Cc1ccc2c(c1)CN(BC=O)[C@H]([C@H](O)CN)C2. The van der Waals surface area contributed by atoms with Crippen LogP contribution in [0.15, 0.2) is 18.2 Å². The Morgan fingerprint density at radius 2 is 2.39 bits per heavy atom. The van der Waals surface area contributed by atoms with Crippen molar-refractivity contribution in [1.29, 1.82) is 0 Å². The molecule has 4 nitrogen and oxygen atoms in total. The minimum Gasteiger partial charge on any atom is -0.390 e. The van der Waals surface area contributed by atoms with E-state index < -0.39 is 6.10 Å². The second-order valence-electron chi connectivity index (χ2n) is 4.94. The third-order valence-electron chi connectivity index (χ3n) is 3.63. The summed E-state index contributed by atoms with van der Waals surface area (Å²) in [5.74, 6) is 0. The fraction of sp³-hybridized carbons (Fsp3) is 0.462. The van der Waals surface area contributed by atoms with Gasteiger partial charge in [-0.1, -0.05) is 23.8 Å². The number of aliphatic hydroxyl groups excluding tert-OH is 1. The molecule has 0 aliphatic carbocycles. The van der Waals surface area contributed by atoms with E-state index >= 15 is 0 Å². The van der Waals surface area contributed by atoms with Crippen molar-refractivity contribution in [2.24, 2.45) is 5.73 Å². The molecule has 0 spiro atoms. The molecule has 1 aliphatic rings. The van der Waals surface area contributed by atoms with E-state index in [9.17, 15) is 9.90 Å². The minimum absolute atomic E-state index is 0.0598. The number of aryl methyl sites for hydroxylation is 1. The van der Waals surface area contributed by atoms with Gasteiger partial charge in [-0.05, 0) is 24.5 Å². The van der Waals surface area contributed by atoms with Crippen molar-refractivity contribution in [3.8, 4) is 0 Å². The summed E-state index contributed by atoms with van der Waals surface area (Å²) in [6.45, 7) is 2.99. The van der Waals surface area contributed by atoms with Gasteiger partial charge >= 0.3 is 0 Å². The Kier molecular flexibility index (Phi) is 4.17. The normalized spacial score (nSPS) is 21.2. The zero-order valence-corrected chi connectivity index (χ0v) is 10.7. The van der Waals surface area contributed by atoms with Crippen LogP contribution in [0.3, 0.4) is 0 Å². The molecule has 18 heavy (non-hydrogen) atoms. The molecule has 3 N–H and O–H groups in total. The van der Waals surface area contributed by atoms with E-state index in [0.717, 1.165) is 12.6 Å². The maximum absolute atomic E-state index is 10.8. The number of hydrogen-bond donors (Lipinski definition) is 2. The standard InChI is InChI=1S/C13H19BN2O2/c1-9-2-3-10-5-12(13(18)6-15)16(14-8-17)7-11(10)4-9/h2-4,8,12-14,18H,5-7,15H2,1H3/t12-,13+/m0/s1. The van der Waals surface area contributed by atoms with Crippen molar-refractivity contribution in [3.05, 3.63) is 34.9 Å². The molecule has 1 heterocycles. The van der Waals surface area contributed by atoms with Crippen molar-refractivity contribution in [1.82, 2.24) is 4.81 Å². The lowest BCUT2D eigenvalue weighted by atomic mass is 9.81. The molecule has 0 fully saturated rings. The monoisotopic (exact) mass is 246 g/mol. The van der Waals surface area contributed by atoms with Gasteiger partial charge in [0.15, 0.2) is 0 Å². The van der Waals surface area contributed by atoms with Crippen molar-refractivity contribution in [3.63, 3.8) is 0 Å². The van der Waals surface area contributed by atoms with Crippen molar-refractivity contribution in [2.45, 2.75) is 32.0 Å². The summed E-state index contributed by atoms with van der Waals surface area (Å²) in [6, 6.07) is 6.28. The topological polar surface area (TPSA) is 66.6 Å². The number of aliphatic hydroxyl groups is 1. The molecular formula is C13H19BN2O2. The smallest absolute Gasteiger partial charge is 0.281 e. The van der Waals surface area contributed by atoms with Crippen LogP contribution in [-0.4, -0.2) is 42.2 Å². The van der Waals surface area contributed by atoms with Gasteiger partial charge in [0.25, 0.3) is 7.41 Å². The van der Waals surface area contributed by atoms with Crippen LogP contribution < -0.4 is 5.73 Å².